The van der Waals surface area contributed by atoms with Gasteiger partial charge in [-0.15, -0.1) is 0 Å². The van der Waals surface area contributed by atoms with Crippen molar-refractivity contribution in [1.29, 1.82) is 0 Å². The molecule has 0 amide bonds. The first-order valence-electron chi connectivity index (χ1n) is 5.49. The predicted octanol–water partition coefficient (Wildman–Crippen LogP) is 3.54. The molecule has 1 heterocycles. The van der Waals surface area contributed by atoms with E-state index in [2.05, 4.69) is 25.8 Å². The normalized spacial score (nSPS) is 11.8. The van der Waals surface area contributed by atoms with Gasteiger partial charge < -0.3 is 10.3 Å². The van der Waals surface area contributed by atoms with Crippen LogP contribution in [-0.2, 0) is 5.54 Å². The van der Waals surface area contributed by atoms with Crippen molar-refractivity contribution in [3.8, 4) is 11.3 Å². The SMILES string of the molecule is CC(C)(C)n1cnc(-c2cccc(Cl)c2)c1N. The molecule has 0 atom stereocenters. The number of anilines is 1. The van der Waals surface area contributed by atoms with E-state index in [1.807, 2.05) is 28.8 Å². The van der Waals surface area contributed by atoms with E-state index in [0.717, 1.165) is 11.3 Å². The van der Waals surface area contributed by atoms with Crippen LogP contribution in [0.1, 0.15) is 20.8 Å². The maximum Gasteiger partial charge on any atom is 0.132 e. The summed E-state index contributed by atoms with van der Waals surface area (Å²) in [5.74, 6) is 0.666. The Labute approximate surface area is 106 Å². The highest BCUT2D eigenvalue weighted by Gasteiger charge is 2.19. The van der Waals surface area contributed by atoms with Crippen molar-refractivity contribution in [2.75, 3.05) is 5.73 Å². The summed E-state index contributed by atoms with van der Waals surface area (Å²) in [6, 6.07) is 7.56. The molecule has 0 aliphatic carbocycles. The number of halogens is 1. The van der Waals surface area contributed by atoms with Gasteiger partial charge in [-0.25, -0.2) is 4.98 Å². The van der Waals surface area contributed by atoms with E-state index < -0.39 is 0 Å². The van der Waals surface area contributed by atoms with Crippen LogP contribution in [-0.4, -0.2) is 9.55 Å². The molecule has 0 radical (unpaired) electrons. The molecule has 0 unspecified atom stereocenters. The van der Waals surface area contributed by atoms with E-state index in [1.54, 1.807) is 6.33 Å². The fourth-order valence-corrected chi connectivity index (χ4v) is 1.94. The lowest BCUT2D eigenvalue weighted by Gasteiger charge is -2.22. The number of nitrogen functional groups attached to an aromatic ring is 1. The van der Waals surface area contributed by atoms with Crippen LogP contribution in [0.5, 0.6) is 0 Å². The van der Waals surface area contributed by atoms with Crippen LogP contribution in [0.2, 0.25) is 5.02 Å². The Bertz CT molecular complexity index is 538. The molecule has 0 saturated heterocycles. The van der Waals surface area contributed by atoms with E-state index in [1.165, 1.54) is 0 Å². The number of nitrogens with two attached hydrogens (primary N) is 1. The van der Waals surface area contributed by atoms with E-state index in [-0.39, 0.29) is 5.54 Å². The summed E-state index contributed by atoms with van der Waals surface area (Å²) in [5.41, 5.74) is 7.78. The average Bonchev–Trinajstić information content (AvgIpc) is 2.59. The standard InChI is InChI=1S/C13H16ClN3/c1-13(2,3)17-8-16-11(12(17)15)9-5-4-6-10(14)7-9/h4-8H,15H2,1-3H3. The molecule has 17 heavy (non-hydrogen) atoms. The fraction of sp³-hybridized carbons (Fsp3) is 0.308. The summed E-state index contributed by atoms with van der Waals surface area (Å²) in [4.78, 5) is 4.37. The second-order valence-electron chi connectivity index (χ2n) is 5.03. The molecule has 2 aromatic rings. The maximum absolute atomic E-state index is 6.13. The average molecular weight is 250 g/mol. The van der Waals surface area contributed by atoms with Crippen LogP contribution in [0.15, 0.2) is 30.6 Å². The Hall–Kier alpha value is -1.48. The topological polar surface area (TPSA) is 43.8 Å². The molecule has 3 nitrogen and oxygen atoms in total. The van der Waals surface area contributed by atoms with Crippen molar-refractivity contribution >= 4 is 17.4 Å². The monoisotopic (exact) mass is 249 g/mol. The maximum atomic E-state index is 6.13. The third-order valence-corrected chi connectivity index (χ3v) is 2.86. The van der Waals surface area contributed by atoms with E-state index in [0.29, 0.717) is 10.8 Å². The highest BCUT2D eigenvalue weighted by atomic mass is 35.5. The Morgan fingerprint density at radius 2 is 2.00 bits per heavy atom. The molecule has 1 aromatic heterocycles. The Morgan fingerprint density at radius 1 is 1.29 bits per heavy atom. The molecule has 2 N–H and O–H groups in total. The summed E-state index contributed by atoms with van der Waals surface area (Å²) in [6.07, 6.45) is 1.77. The fourth-order valence-electron chi connectivity index (χ4n) is 1.75. The van der Waals surface area contributed by atoms with E-state index in [4.69, 9.17) is 17.3 Å². The van der Waals surface area contributed by atoms with E-state index >= 15 is 0 Å². The van der Waals surface area contributed by atoms with Crippen LogP contribution in [0, 0.1) is 0 Å². The van der Waals surface area contributed by atoms with Crippen LogP contribution >= 0.6 is 11.6 Å². The number of nitrogens with zero attached hydrogens (tertiary/aromatic N) is 2. The third kappa shape index (κ3) is 2.29. The third-order valence-electron chi connectivity index (χ3n) is 2.63. The van der Waals surface area contributed by atoms with Crippen molar-refractivity contribution < 1.29 is 0 Å². The Morgan fingerprint density at radius 3 is 2.53 bits per heavy atom. The number of benzene rings is 1. The number of aromatic nitrogens is 2. The summed E-state index contributed by atoms with van der Waals surface area (Å²) < 4.78 is 1.96. The molecule has 0 bridgehead atoms. The van der Waals surface area contributed by atoms with Gasteiger partial charge in [0, 0.05) is 16.1 Å². The van der Waals surface area contributed by atoms with Gasteiger partial charge in [0.1, 0.15) is 11.5 Å². The molecule has 90 valence electrons. The number of hydrogen-bond donors (Lipinski definition) is 1. The Balaban J connectivity index is 2.52. The quantitative estimate of drug-likeness (QED) is 0.840. The highest BCUT2D eigenvalue weighted by Crippen LogP contribution is 2.29. The molecule has 0 spiro atoms. The van der Waals surface area contributed by atoms with Gasteiger partial charge in [-0.05, 0) is 32.9 Å². The van der Waals surface area contributed by atoms with Crippen molar-refractivity contribution in [2.24, 2.45) is 0 Å². The van der Waals surface area contributed by atoms with Crippen molar-refractivity contribution in [2.45, 2.75) is 26.3 Å². The lowest BCUT2D eigenvalue weighted by atomic mass is 10.1. The van der Waals surface area contributed by atoms with Crippen LogP contribution in [0.3, 0.4) is 0 Å². The molecule has 0 saturated carbocycles. The first-order chi connectivity index (χ1) is 7.89. The second-order valence-corrected chi connectivity index (χ2v) is 5.47. The summed E-state index contributed by atoms with van der Waals surface area (Å²) in [5, 5.41) is 0.687. The first-order valence-corrected chi connectivity index (χ1v) is 5.86. The summed E-state index contributed by atoms with van der Waals surface area (Å²) in [7, 11) is 0. The van der Waals surface area contributed by atoms with E-state index in [9.17, 15) is 0 Å². The molecule has 0 aliphatic rings. The second kappa shape index (κ2) is 4.08. The van der Waals surface area contributed by atoms with Crippen molar-refractivity contribution in [3.05, 3.63) is 35.6 Å². The van der Waals surface area contributed by atoms with Gasteiger partial charge in [-0.1, -0.05) is 23.7 Å². The number of hydrogen-bond acceptors (Lipinski definition) is 2. The van der Waals surface area contributed by atoms with Crippen LogP contribution in [0.4, 0.5) is 5.82 Å². The van der Waals surface area contributed by atoms with Crippen molar-refractivity contribution in [3.63, 3.8) is 0 Å². The first kappa shape index (κ1) is 12.0. The molecule has 2 rings (SSSR count). The van der Waals surface area contributed by atoms with Crippen molar-refractivity contribution in [1.82, 2.24) is 9.55 Å². The van der Waals surface area contributed by atoms with Gasteiger partial charge in [0.2, 0.25) is 0 Å². The summed E-state index contributed by atoms with van der Waals surface area (Å²) in [6.45, 7) is 6.27. The molecule has 4 heteroatoms. The summed E-state index contributed by atoms with van der Waals surface area (Å²) >= 11 is 5.97. The zero-order valence-electron chi connectivity index (χ0n) is 10.2. The van der Waals surface area contributed by atoms with Gasteiger partial charge in [0.15, 0.2) is 0 Å². The number of imidazole rings is 1. The molecule has 1 aromatic carbocycles. The molecular weight excluding hydrogens is 234 g/mol. The zero-order valence-corrected chi connectivity index (χ0v) is 11.0. The van der Waals surface area contributed by atoms with Crippen LogP contribution < -0.4 is 5.73 Å². The van der Waals surface area contributed by atoms with Gasteiger partial charge in [-0.3, -0.25) is 0 Å². The van der Waals surface area contributed by atoms with Gasteiger partial charge in [0.05, 0.1) is 6.33 Å². The predicted molar refractivity (Wildman–Crippen MR) is 72.1 cm³/mol. The smallest absolute Gasteiger partial charge is 0.132 e. The highest BCUT2D eigenvalue weighted by molar-refractivity contribution is 6.30. The van der Waals surface area contributed by atoms with Gasteiger partial charge >= 0.3 is 0 Å². The largest absolute Gasteiger partial charge is 0.383 e. The molecule has 0 aliphatic heterocycles. The minimum Gasteiger partial charge on any atom is -0.383 e. The minimum atomic E-state index is -0.0755. The molecule has 0 fully saturated rings. The lowest BCUT2D eigenvalue weighted by Crippen LogP contribution is -2.22. The molecular formula is C13H16ClN3. The lowest BCUT2D eigenvalue weighted by molar-refractivity contribution is 0.402. The Kier molecular flexibility index (Phi) is 2.87. The zero-order chi connectivity index (χ0) is 12.6. The number of rotatable bonds is 1. The van der Waals surface area contributed by atoms with Gasteiger partial charge in [0.25, 0.3) is 0 Å². The van der Waals surface area contributed by atoms with Gasteiger partial charge in [-0.2, -0.15) is 0 Å². The van der Waals surface area contributed by atoms with Crippen LogP contribution in [0.25, 0.3) is 11.3 Å². The minimum absolute atomic E-state index is 0.0755.